The maximum atomic E-state index is 9.70. The molecule has 0 aliphatic carbocycles. The average Bonchev–Trinajstić information content (AvgIpc) is 2.04. The maximum Gasteiger partial charge on any atom is 0.151 e. The highest BCUT2D eigenvalue weighted by atomic mass is 32.2. The molecule has 0 heterocycles. The molecule has 0 rings (SSSR count). The summed E-state index contributed by atoms with van der Waals surface area (Å²) in [4.78, 5) is 9.44. The molecule has 0 bridgehead atoms. The van der Waals surface area contributed by atoms with Crippen LogP contribution in [0, 0.1) is 0 Å². The second-order valence-corrected chi connectivity index (χ2v) is 3.61. The number of ketones is 1. The lowest BCUT2D eigenvalue weighted by Gasteiger charge is -1.78. The van der Waals surface area contributed by atoms with Gasteiger partial charge in [0.2, 0.25) is 0 Å². The smallest absolute Gasteiger partial charge is 0.151 e. The van der Waals surface area contributed by atoms with Crippen molar-refractivity contribution in [2.45, 2.75) is 28.7 Å². The Hall–Kier alpha value is 0.0900. The first-order valence-corrected chi connectivity index (χ1v) is 5.97. The molecular weight excluding hydrogens is 236 g/mol. The summed E-state index contributed by atoms with van der Waals surface area (Å²) in [6, 6.07) is 0. The molecule has 0 N–H and O–H groups in total. The first-order chi connectivity index (χ1) is 5.92. The van der Waals surface area contributed by atoms with E-state index in [1.54, 1.807) is 7.11 Å². The molecule has 1 atom stereocenters. The number of carbonyl (C=O) groups excluding carboxylic acids is 1. The van der Waals surface area contributed by atoms with Crippen LogP contribution in [0.4, 0.5) is 0 Å². The molecular formula is C9H26O4S2. The van der Waals surface area contributed by atoms with Crippen LogP contribution >= 0.6 is 12.0 Å². The van der Waals surface area contributed by atoms with E-state index in [4.69, 9.17) is 0 Å². The minimum Gasteiger partial charge on any atom is -0.319 e. The Bertz CT molecular complexity index is 123. The molecule has 0 aromatic heterocycles. The summed E-state index contributed by atoms with van der Waals surface area (Å²) in [6.07, 6.45) is 3.35. The largest absolute Gasteiger partial charge is 0.319 e. The van der Waals surface area contributed by atoms with E-state index in [9.17, 15) is 9.00 Å². The third-order valence-corrected chi connectivity index (χ3v) is 1.20. The fourth-order valence-electron chi connectivity index (χ4n) is 0. The van der Waals surface area contributed by atoms with E-state index in [1.165, 1.54) is 39.3 Å². The van der Waals surface area contributed by atoms with Gasteiger partial charge in [0.15, 0.2) is 11.1 Å². The molecule has 0 aliphatic heterocycles. The summed E-state index contributed by atoms with van der Waals surface area (Å²) in [5.74, 6) is 0.167. The average molecular weight is 262 g/mol. The van der Waals surface area contributed by atoms with Crippen LogP contribution in [0.15, 0.2) is 0 Å². The molecule has 0 radical (unpaired) electrons. The molecule has 0 saturated heterocycles. The van der Waals surface area contributed by atoms with Crippen LogP contribution in [0.25, 0.3) is 0 Å². The molecule has 0 saturated carbocycles. The number of Topliss-reactive ketones (excluding diaryl/α,β-unsaturated/α-hetero) is 1. The lowest BCUT2D eigenvalue weighted by molar-refractivity contribution is -0.114. The van der Waals surface area contributed by atoms with Crippen LogP contribution < -0.4 is 0 Å². The summed E-state index contributed by atoms with van der Waals surface area (Å²) in [5, 5.41) is 0. The van der Waals surface area contributed by atoms with Gasteiger partial charge >= 0.3 is 0 Å². The molecule has 1 unspecified atom stereocenters. The van der Waals surface area contributed by atoms with Crippen LogP contribution in [0.3, 0.4) is 0 Å². The van der Waals surface area contributed by atoms with Crippen LogP contribution in [0.2, 0.25) is 0 Å². The fourth-order valence-corrected chi connectivity index (χ4v) is 0. The summed E-state index contributed by atoms with van der Waals surface area (Å²) in [5.41, 5.74) is 0. The van der Waals surface area contributed by atoms with E-state index in [2.05, 4.69) is 8.37 Å². The molecule has 98 valence electrons. The highest BCUT2D eigenvalue weighted by Gasteiger charge is 1.72. The van der Waals surface area contributed by atoms with Gasteiger partial charge < -0.3 is 8.98 Å². The van der Waals surface area contributed by atoms with E-state index in [0.29, 0.717) is 0 Å². The van der Waals surface area contributed by atoms with Gasteiger partial charge in [-0.15, -0.1) is 0 Å². The van der Waals surface area contributed by atoms with Crippen molar-refractivity contribution in [3.8, 4) is 0 Å². The predicted molar refractivity (Wildman–Crippen MR) is 71.4 cm³/mol. The number of rotatable bonds is 2. The molecule has 4 nitrogen and oxygen atoms in total. The minimum atomic E-state index is -1.07. The second-order valence-electron chi connectivity index (χ2n) is 1.81. The summed E-state index contributed by atoms with van der Waals surface area (Å²) < 4.78 is 18.4. The SMILES string of the molecule is C.C.CC(C)=O.COS(C)=O.COSC. The van der Waals surface area contributed by atoms with E-state index in [1.807, 2.05) is 6.26 Å². The van der Waals surface area contributed by atoms with Gasteiger partial charge in [0.25, 0.3) is 0 Å². The normalized spacial score (nSPS) is 8.67. The van der Waals surface area contributed by atoms with Gasteiger partial charge in [-0.2, -0.15) is 0 Å². The van der Waals surface area contributed by atoms with Crippen LogP contribution in [-0.4, -0.2) is 36.7 Å². The molecule has 0 aliphatic rings. The van der Waals surface area contributed by atoms with E-state index in [-0.39, 0.29) is 20.6 Å². The van der Waals surface area contributed by atoms with Crippen molar-refractivity contribution >= 4 is 28.9 Å². The van der Waals surface area contributed by atoms with Crippen molar-refractivity contribution in [2.24, 2.45) is 0 Å². The first kappa shape index (κ1) is 29.4. The first-order valence-electron chi connectivity index (χ1n) is 3.34. The van der Waals surface area contributed by atoms with Gasteiger partial charge in [-0.1, -0.05) is 14.9 Å². The molecule has 0 amide bonds. The second kappa shape index (κ2) is 29.2. The van der Waals surface area contributed by atoms with Gasteiger partial charge in [0, 0.05) is 12.5 Å². The van der Waals surface area contributed by atoms with Crippen molar-refractivity contribution in [1.29, 1.82) is 0 Å². The standard InChI is InChI=1S/C3H6O.C2H6O2S.C2H6OS.2CH4/c1-3(2)4;1-4-5(2)3;1-3-4-2;;/h1-2H3;1-2H3;1-2H3;2*1H4. The third-order valence-electron chi connectivity index (χ3n) is 0.401. The Kier molecular flexibility index (Phi) is 57.3. The van der Waals surface area contributed by atoms with E-state index >= 15 is 0 Å². The van der Waals surface area contributed by atoms with Crippen LogP contribution in [0.5, 0.6) is 0 Å². The Balaban J connectivity index is -0.0000000315. The van der Waals surface area contributed by atoms with E-state index < -0.39 is 11.1 Å². The van der Waals surface area contributed by atoms with Gasteiger partial charge in [0.05, 0.1) is 14.2 Å². The third kappa shape index (κ3) is 216. The van der Waals surface area contributed by atoms with Gasteiger partial charge in [-0.25, -0.2) is 4.21 Å². The Morgan fingerprint density at radius 3 is 1.33 bits per heavy atom. The topological polar surface area (TPSA) is 52.6 Å². The zero-order valence-electron chi connectivity index (χ0n) is 8.95. The maximum absolute atomic E-state index is 9.70. The van der Waals surface area contributed by atoms with Gasteiger partial charge in [0.1, 0.15) is 5.78 Å². The minimum absolute atomic E-state index is 0. The molecule has 6 heteroatoms. The van der Waals surface area contributed by atoms with Crippen LogP contribution in [-0.2, 0) is 24.2 Å². The zero-order valence-corrected chi connectivity index (χ0v) is 10.6. The van der Waals surface area contributed by atoms with Crippen molar-refractivity contribution in [1.82, 2.24) is 0 Å². The monoisotopic (exact) mass is 262 g/mol. The highest BCUT2D eigenvalue weighted by Crippen LogP contribution is 1.84. The number of hydrogen-bond acceptors (Lipinski definition) is 5. The van der Waals surface area contributed by atoms with Gasteiger partial charge in [-0.3, -0.25) is 4.18 Å². The Morgan fingerprint density at radius 1 is 1.20 bits per heavy atom. The fraction of sp³-hybridized carbons (Fsp3) is 0.889. The molecule has 0 aromatic rings. The highest BCUT2D eigenvalue weighted by molar-refractivity contribution is 7.93. The number of hydrogen-bond donors (Lipinski definition) is 0. The van der Waals surface area contributed by atoms with Gasteiger partial charge in [-0.05, 0) is 25.9 Å². The summed E-state index contributed by atoms with van der Waals surface area (Å²) >= 11 is 0.284. The van der Waals surface area contributed by atoms with Crippen molar-refractivity contribution in [3.63, 3.8) is 0 Å². The summed E-state index contributed by atoms with van der Waals surface area (Å²) in [7, 11) is 3.04. The summed E-state index contributed by atoms with van der Waals surface area (Å²) in [6.45, 7) is 3.06. The molecule has 0 aromatic carbocycles. The number of carbonyl (C=O) groups is 1. The van der Waals surface area contributed by atoms with Crippen molar-refractivity contribution in [3.05, 3.63) is 0 Å². The quantitative estimate of drug-likeness (QED) is 0.716. The predicted octanol–water partition coefficient (Wildman–Crippen LogP) is 2.70. The zero-order chi connectivity index (χ0) is 11.3. The lowest BCUT2D eigenvalue weighted by atomic mass is 10.6. The van der Waals surface area contributed by atoms with Crippen molar-refractivity contribution in [2.75, 3.05) is 26.7 Å². The molecule has 0 spiro atoms. The lowest BCUT2D eigenvalue weighted by Crippen LogP contribution is -1.83. The van der Waals surface area contributed by atoms with Crippen LogP contribution in [0.1, 0.15) is 28.7 Å². The van der Waals surface area contributed by atoms with E-state index in [0.717, 1.165) is 0 Å². The van der Waals surface area contributed by atoms with Crippen molar-refractivity contribution < 1.29 is 17.4 Å². The Morgan fingerprint density at radius 2 is 1.33 bits per heavy atom. The molecule has 0 fully saturated rings. The Labute approximate surface area is 102 Å². The molecule has 15 heavy (non-hydrogen) atoms.